The highest BCUT2D eigenvalue weighted by Gasteiger charge is 2.35. The molecule has 4 heteroatoms. The lowest BCUT2D eigenvalue weighted by atomic mass is 9.86. The summed E-state index contributed by atoms with van der Waals surface area (Å²) in [5.74, 6) is -2.24. The van der Waals surface area contributed by atoms with Gasteiger partial charge in [0, 0.05) is 25.4 Å². The number of alkyl halides is 2. The maximum atomic E-state index is 13.3. The summed E-state index contributed by atoms with van der Waals surface area (Å²) in [6.07, 6.45) is 5.66. The molecule has 0 bridgehead atoms. The Labute approximate surface area is 109 Å². The summed E-state index contributed by atoms with van der Waals surface area (Å²) in [7, 11) is 2.17. The Morgan fingerprint density at radius 3 is 2.72 bits per heavy atom. The third kappa shape index (κ3) is 4.16. The molecule has 2 nitrogen and oxygen atoms in total. The summed E-state index contributed by atoms with van der Waals surface area (Å²) < 4.78 is 26.5. The minimum atomic E-state index is -2.41. The average Bonchev–Trinajstić information content (AvgIpc) is 2.30. The van der Waals surface area contributed by atoms with Gasteiger partial charge in [-0.3, -0.25) is 0 Å². The first-order chi connectivity index (χ1) is 8.57. The first-order valence-corrected chi connectivity index (χ1v) is 7.36. The number of hydrogen-bond donors (Lipinski definition) is 1. The number of nitrogens with one attached hydrogen (secondary N) is 1. The van der Waals surface area contributed by atoms with Crippen LogP contribution in [0.3, 0.4) is 0 Å². The van der Waals surface area contributed by atoms with Crippen molar-refractivity contribution in [3.05, 3.63) is 0 Å². The number of rotatable bonds is 4. The van der Waals surface area contributed by atoms with Gasteiger partial charge in [0.05, 0.1) is 0 Å². The number of piperidine rings is 1. The zero-order chi connectivity index (χ0) is 13.0. The summed E-state index contributed by atoms with van der Waals surface area (Å²) in [5, 5.41) is 3.42. The smallest absolute Gasteiger partial charge is 0.248 e. The summed E-state index contributed by atoms with van der Waals surface area (Å²) in [6, 6.07) is 0.600. The number of likely N-dealkylation sites (N-methyl/N-ethyl adjacent to an activating group) is 1. The highest BCUT2D eigenvalue weighted by molar-refractivity contribution is 4.81. The van der Waals surface area contributed by atoms with Crippen molar-refractivity contribution >= 4 is 0 Å². The van der Waals surface area contributed by atoms with Crippen LogP contribution < -0.4 is 5.32 Å². The van der Waals surface area contributed by atoms with Gasteiger partial charge >= 0.3 is 0 Å². The van der Waals surface area contributed by atoms with Gasteiger partial charge in [0.25, 0.3) is 0 Å². The maximum absolute atomic E-state index is 13.3. The van der Waals surface area contributed by atoms with Gasteiger partial charge in [-0.1, -0.05) is 6.42 Å². The van der Waals surface area contributed by atoms with Crippen molar-refractivity contribution in [1.82, 2.24) is 10.2 Å². The van der Waals surface area contributed by atoms with Crippen LogP contribution in [0, 0.1) is 5.92 Å². The molecule has 2 rings (SSSR count). The number of nitrogens with zero attached hydrogens (tertiary/aromatic N) is 1. The van der Waals surface area contributed by atoms with Crippen molar-refractivity contribution in [3.63, 3.8) is 0 Å². The van der Waals surface area contributed by atoms with Crippen LogP contribution in [-0.4, -0.2) is 43.5 Å². The predicted molar refractivity (Wildman–Crippen MR) is 70.0 cm³/mol. The molecule has 1 heterocycles. The van der Waals surface area contributed by atoms with Crippen molar-refractivity contribution in [2.24, 2.45) is 5.92 Å². The van der Waals surface area contributed by atoms with Crippen LogP contribution in [0.15, 0.2) is 0 Å². The van der Waals surface area contributed by atoms with E-state index in [0.29, 0.717) is 12.5 Å². The Kier molecular flexibility index (Phi) is 4.96. The van der Waals surface area contributed by atoms with E-state index < -0.39 is 5.92 Å². The lowest BCUT2D eigenvalue weighted by Gasteiger charge is -2.34. The fraction of sp³-hybridized carbons (Fsp3) is 1.00. The third-order valence-corrected chi connectivity index (χ3v) is 4.48. The van der Waals surface area contributed by atoms with Crippen LogP contribution >= 0.6 is 0 Å². The molecule has 2 fully saturated rings. The van der Waals surface area contributed by atoms with E-state index in [-0.39, 0.29) is 18.8 Å². The van der Waals surface area contributed by atoms with E-state index in [1.165, 1.54) is 25.8 Å². The summed E-state index contributed by atoms with van der Waals surface area (Å²) in [6.45, 7) is 2.90. The minimum absolute atomic E-state index is 0.0838. The summed E-state index contributed by atoms with van der Waals surface area (Å²) in [5.41, 5.74) is 0. The summed E-state index contributed by atoms with van der Waals surface area (Å²) in [4.78, 5) is 2.39. The Balaban J connectivity index is 1.65. The molecule has 0 radical (unpaired) electrons. The number of halogens is 2. The van der Waals surface area contributed by atoms with E-state index in [0.717, 1.165) is 19.5 Å². The largest absolute Gasteiger partial charge is 0.315 e. The molecule has 0 amide bonds. The van der Waals surface area contributed by atoms with Gasteiger partial charge in [-0.25, -0.2) is 8.78 Å². The van der Waals surface area contributed by atoms with Crippen LogP contribution in [0.5, 0.6) is 0 Å². The zero-order valence-corrected chi connectivity index (χ0v) is 11.4. The van der Waals surface area contributed by atoms with E-state index in [4.69, 9.17) is 0 Å². The van der Waals surface area contributed by atoms with Gasteiger partial charge in [-0.2, -0.15) is 0 Å². The molecule has 0 aromatic heterocycles. The Morgan fingerprint density at radius 2 is 2.00 bits per heavy atom. The molecule has 106 valence electrons. The van der Waals surface area contributed by atoms with Crippen molar-refractivity contribution in [2.45, 2.75) is 56.9 Å². The molecule has 2 atom stereocenters. The SMILES string of the molecule is CN1CCCCC1CNCC1CCCC(F)(F)C1. The minimum Gasteiger partial charge on any atom is -0.315 e. The van der Waals surface area contributed by atoms with Crippen LogP contribution in [0.4, 0.5) is 8.78 Å². The van der Waals surface area contributed by atoms with E-state index in [2.05, 4.69) is 17.3 Å². The number of likely N-dealkylation sites (tertiary alicyclic amines) is 1. The van der Waals surface area contributed by atoms with E-state index in [1.807, 2.05) is 0 Å². The average molecular weight is 260 g/mol. The molecule has 0 aromatic rings. The second kappa shape index (κ2) is 6.29. The Hall–Kier alpha value is -0.220. The standard InChI is InChI=1S/C14H26F2N2/c1-18-8-3-2-6-13(18)11-17-10-12-5-4-7-14(15,16)9-12/h12-13,17H,2-11H2,1H3. The Morgan fingerprint density at radius 1 is 1.17 bits per heavy atom. The second-order valence-electron chi connectivity index (χ2n) is 6.11. The van der Waals surface area contributed by atoms with Gasteiger partial charge in [0.1, 0.15) is 0 Å². The van der Waals surface area contributed by atoms with Gasteiger partial charge < -0.3 is 10.2 Å². The van der Waals surface area contributed by atoms with Crippen molar-refractivity contribution in [2.75, 3.05) is 26.7 Å². The first-order valence-electron chi connectivity index (χ1n) is 7.36. The first kappa shape index (κ1) is 14.2. The predicted octanol–water partition coefficient (Wildman–Crippen LogP) is 2.89. The maximum Gasteiger partial charge on any atom is 0.248 e. The van der Waals surface area contributed by atoms with Gasteiger partial charge in [-0.05, 0) is 51.7 Å². The zero-order valence-electron chi connectivity index (χ0n) is 11.4. The van der Waals surface area contributed by atoms with Crippen LogP contribution in [-0.2, 0) is 0 Å². The van der Waals surface area contributed by atoms with Crippen molar-refractivity contribution < 1.29 is 8.78 Å². The molecule has 1 saturated carbocycles. The molecular weight excluding hydrogens is 234 g/mol. The quantitative estimate of drug-likeness (QED) is 0.836. The molecular formula is C14H26F2N2. The molecule has 2 aliphatic rings. The topological polar surface area (TPSA) is 15.3 Å². The fourth-order valence-electron chi connectivity index (χ4n) is 3.31. The molecule has 18 heavy (non-hydrogen) atoms. The molecule has 2 unspecified atom stereocenters. The monoisotopic (exact) mass is 260 g/mol. The molecule has 1 aliphatic carbocycles. The highest BCUT2D eigenvalue weighted by atomic mass is 19.3. The third-order valence-electron chi connectivity index (χ3n) is 4.48. The normalized spacial score (nSPS) is 33.5. The lowest BCUT2D eigenvalue weighted by Crippen LogP contribution is -2.44. The van der Waals surface area contributed by atoms with Crippen LogP contribution in [0.1, 0.15) is 44.9 Å². The van der Waals surface area contributed by atoms with Crippen LogP contribution in [0.2, 0.25) is 0 Å². The van der Waals surface area contributed by atoms with Gasteiger partial charge in [-0.15, -0.1) is 0 Å². The summed E-state index contributed by atoms with van der Waals surface area (Å²) >= 11 is 0. The Bertz CT molecular complexity index is 258. The molecule has 1 saturated heterocycles. The second-order valence-corrected chi connectivity index (χ2v) is 6.11. The fourth-order valence-corrected chi connectivity index (χ4v) is 3.31. The van der Waals surface area contributed by atoms with E-state index in [9.17, 15) is 8.78 Å². The molecule has 1 N–H and O–H groups in total. The van der Waals surface area contributed by atoms with Crippen molar-refractivity contribution in [1.29, 1.82) is 0 Å². The van der Waals surface area contributed by atoms with E-state index in [1.54, 1.807) is 0 Å². The van der Waals surface area contributed by atoms with Crippen molar-refractivity contribution in [3.8, 4) is 0 Å². The van der Waals surface area contributed by atoms with Gasteiger partial charge in [0.2, 0.25) is 5.92 Å². The van der Waals surface area contributed by atoms with Crippen LogP contribution in [0.25, 0.3) is 0 Å². The van der Waals surface area contributed by atoms with Gasteiger partial charge in [0.15, 0.2) is 0 Å². The number of hydrogen-bond acceptors (Lipinski definition) is 2. The molecule has 0 spiro atoms. The molecule has 0 aromatic carbocycles. The lowest BCUT2D eigenvalue weighted by molar-refractivity contribution is -0.0521. The van der Waals surface area contributed by atoms with E-state index >= 15 is 0 Å². The highest BCUT2D eigenvalue weighted by Crippen LogP contribution is 2.36. The molecule has 1 aliphatic heterocycles.